The van der Waals surface area contributed by atoms with Crippen molar-refractivity contribution in [2.75, 3.05) is 0 Å². The van der Waals surface area contributed by atoms with Crippen molar-refractivity contribution >= 4 is 27.3 Å². The first-order valence-corrected chi connectivity index (χ1v) is 7.11. The van der Waals surface area contributed by atoms with Crippen molar-refractivity contribution in [1.82, 2.24) is 0 Å². The molecule has 17 heavy (non-hydrogen) atoms. The predicted octanol–water partition coefficient (Wildman–Crippen LogP) is 4.52. The fourth-order valence-electron chi connectivity index (χ4n) is 1.88. The summed E-state index contributed by atoms with van der Waals surface area (Å²) in [6, 6.07) is 8.23. The van der Waals surface area contributed by atoms with Gasteiger partial charge in [0.2, 0.25) is 0 Å². The standard InChI is InChI=1S/C14H15BrOS/c1-8-4-5-9(2)11(6-8)13(16)14-12(15)7-10(3)17-14/h4-7,13,16H,1-3H3. The highest BCUT2D eigenvalue weighted by Crippen LogP contribution is 2.36. The molecular weight excluding hydrogens is 296 g/mol. The number of hydrogen-bond acceptors (Lipinski definition) is 2. The van der Waals surface area contributed by atoms with Crippen LogP contribution in [0.3, 0.4) is 0 Å². The zero-order valence-electron chi connectivity index (χ0n) is 10.1. The average Bonchev–Trinajstić information content (AvgIpc) is 2.60. The summed E-state index contributed by atoms with van der Waals surface area (Å²) < 4.78 is 0.994. The molecule has 0 fully saturated rings. The van der Waals surface area contributed by atoms with Crippen molar-refractivity contribution in [3.63, 3.8) is 0 Å². The molecular formula is C14H15BrOS. The van der Waals surface area contributed by atoms with Gasteiger partial charge in [0.25, 0.3) is 0 Å². The van der Waals surface area contributed by atoms with Crippen LogP contribution in [0.4, 0.5) is 0 Å². The summed E-state index contributed by atoms with van der Waals surface area (Å²) in [5.74, 6) is 0. The smallest absolute Gasteiger partial charge is 0.115 e. The lowest BCUT2D eigenvalue weighted by Gasteiger charge is -2.13. The zero-order valence-corrected chi connectivity index (χ0v) is 12.5. The Morgan fingerprint density at radius 1 is 1.18 bits per heavy atom. The molecule has 2 aromatic rings. The van der Waals surface area contributed by atoms with Gasteiger partial charge in [0, 0.05) is 9.35 Å². The minimum atomic E-state index is -0.539. The van der Waals surface area contributed by atoms with Gasteiger partial charge in [-0.15, -0.1) is 11.3 Å². The maximum Gasteiger partial charge on any atom is 0.115 e. The van der Waals surface area contributed by atoms with Gasteiger partial charge in [-0.2, -0.15) is 0 Å². The molecule has 0 amide bonds. The molecule has 0 aliphatic rings. The monoisotopic (exact) mass is 310 g/mol. The maximum atomic E-state index is 10.5. The Morgan fingerprint density at radius 2 is 1.88 bits per heavy atom. The van der Waals surface area contributed by atoms with Crippen molar-refractivity contribution in [3.05, 3.63) is 55.2 Å². The van der Waals surface area contributed by atoms with Crippen molar-refractivity contribution < 1.29 is 5.11 Å². The van der Waals surface area contributed by atoms with E-state index in [1.807, 2.05) is 19.9 Å². The molecule has 1 nitrogen and oxygen atoms in total. The van der Waals surface area contributed by atoms with E-state index in [9.17, 15) is 5.11 Å². The van der Waals surface area contributed by atoms with Gasteiger partial charge in [0.1, 0.15) is 6.10 Å². The molecule has 2 rings (SSSR count). The van der Waals surface area contributed by atoms with Crippen LogP contribution in [0.15, 0.2) is 28.7 Å². The molecule has 0 radical (unpaired) electrons. The van der Waals surface area contributed by atoms with Gasteiger partial charge in [0.15, 0.2) is 0 Å². The Kier molecular flexibility index (Phi) is 3.71. The molecule has 1 N–H and O–H groups in total. The van der Waals surface area contributed by atoms with Gasteiger partial charge in [-0.05, 0) is 53.9 Å². The summed E-state index contributed by atoms with van der Waals surface area (Å²) in [5, 5.41) is 10.5. The first-order chi connectivity index (χ1) is 7.99. The van der Waals surface area contributed by atoms with E-state index in [4.69, 9.17) is 0 Å². The Labute approximate surface area is 114 Å². The highest BCUT2D eigenvalue weighted by molar-refractivity contribution is 9.10. The largest absolute Gasteiger partial charge is 0.383 e. The van der Waals surface area contributed by atoms with E-state index < -0.39 is 6.10 Å². The Balaban J connectivity index is 2.46. The van der Waals surface area contributed by atoms with E-state index in [1.165, 1.54) is 10.4 Å². The zero-order chi connectivity index (χ0) is 12.6. The first-order valence-electron chi connectivity index (χ1n) is 5.50. The number of aryl methyl sites for hydroxylation is 3. The molecule has 0 saturated carbocycles. The molecule has 3 heteroatoms. The molecule has 1 heterocycles. The Morgan fingerprint density at radius 3 is 2.47 bits per heavy atom. The van der Waals surface area contributed by atoms with Crippen LogP contribution < -0.4 is 0 Å². The Bertz CT molecular complexity index is 545. The van der Waals surface area contributed by atoms with Crippen molar-refractivity contribution in [2.45, 2.75) is 26.9 Å². The average molecular weight is 311 g/mol. The maximum absolute atomic E-state index is 10.5. The van der Waals surface area contributed by atoms with Crippen LogP contribution in [0.25, 0.3) is 0 Å². The lowest BCUT2D eigenvalue weighted by Crippen LogP contribution is -2.01. The van der Waals surface area contributed by atoms with Crippen LogP contribution in [0, 0.1) is 20.8 Å². The normalized spacial score (nSPS) is 12.8. The summed E-state index contributed by atoms with van der Waals surface area (Å²) in [6.07, 6.45) is -0.539. The van der Waals surface area contributed by atoms with Gasteiger partial charge < -0.3 is 5.11 Å². The van der Waals surface area contributed by atoms with E-state index in [0.717, 1.165) is 20.5 Å². The quantitative estimate of drug-likeness (QED) is 0.864. The number of benzene rings is 1. The van der Waals surface area contributed by atoms with Gasteiger partial charge in [-0.1, -0.05) is 23.8 Å². The molecule has 1 aromatic heterocycles. The number of aliphatic hydroxyl groups is 1. The highest BCUT2D eigenvalue weighted by atomic mass is 79.9. The van der Waals surface area contributed by atoms with E-state index in [1.54, 1.807) is 11.3 Å². The third kappa shape index (κ3) is 2.62. The van der Waals surface area contributed by atoms with Gasteiger partial charge >= 0.3 is 0 Å². The second kappa shape index (κ2) is 4.92. The van der Waals surface area contributed by atoms with Crippen molar-refractivity contribution in [2.24, 2.45) is 0 Å². The van der Waals surface area contributed by atoms with Crippen LogP contribution in [0.5, 0.6) is 0 Å². The van der Waals surface area contributed by atoms with Crippen LogP contribution in [-0.4, -0.2) is 5.11 Å². The van der Waals surface area contributed by atoms with Gasteiger partial charge in [-0.3, -0.25) is 0 Å². The van der Waals surface area contributed by atoms with E-state index in [-0.39, 0.29) is 0 Å². The lowest BCUT2D eigenvalue weighted by molar-refractivity contribution is 0.222. The molecule has 0 bridgehead atoms. The highest BCUT2D eigenvalue weighted by Gasteiger charge is 2.18. The molecule has 1 unspecified atom stereocenters. The summed E-state index contributed by atoms with van der Waals surface area (Å²) in [4.78, 5) is 2.19. The number of rotatable bonds is 2. The fourth-order valence-corrected chi connectivity index (χ4v) is 3.76. The molecule has 1 atom stereocenters. The summed E-state index contributed by atoms with van der Waals surface area (Å²) in [5.41, 5.74) is 3.29. The lowest BCUT2D eigenvalue weighted by atomic mass is 10.00. The van der Waals surface area contributed by atoms with Crippen LogP contribution >= 0.6 is 27.3 Å². The molecule has 0 aliphatic carbocycles. The summed E-state index contributed by atoms with van der Waals surface area (Å²) >= 11 is 5.14. The van der Waals surface area contributed by atoms with E-state index in [2.05, 4.69) is 41.1 Å². The molecule has 0 spiro atoms. The third-order valence-corrected chi connectivity index (χ3v) is 4.84. The molecule has 0 aliphatic heterocycles. The first kappa shape index (κ1) is 12.8. The minimum Gasteiger partial charge on any atom is -0.383 e. The number of hydrogen-bond donors (Lipinski definition) is 1. The molecule has 90 valence electrons. The van der Waals surface area contributed by atoms with Crippen LogP contribution in [-0.2, 0) is 0 Å². The summed E-state index contributed by atoms with van der Waals surface area (Å²) in [6.45, 7) is 6.13. The fraction of sp³-hybridized carbons (Fsp3) is 0.286. The SMILES string of the molecule is Cc1ccc(C)c(C(O)c2sc(C)cc2Br)c1. The van der Waals surface area contributed by atoms with E-state index in [0.29, 0.717) is 0 Å². The van der Waals surface area contributed by atoms with Crippen LogP contribution in [0.1, 0.15) is 32.5 Å². The second-order valence-electron chi connectivity index (χ2n) is 4.33. The molecule has 1 aromatic carbocycles. The third-order valence-electron chi connectivity index (χ3n) is 2.81. The summed E-state index contributed by atoms with van der Waals surface area (Å²) in [7, 11) is 0. The van der Waals surface area contributed by atoms with Gasteiger partial charge in [-0.25, -0.2) is 0 Å². The second-order valence-corrected chi connectivity index (χ2v) is 6.47. The number of thiophene rings is 1. The van der Waals surface area contributed by atoms with Crippen LogP contribution in [0.2, 0.25) is 0 Å². The number of halogens is 1. The number of aliphatic hydroxyl groups excluding tert-OH is 1. The van der Waals surface area contributed by atoms with Crippen molar-refractivity contribution in [1.29, 1.82) is 0 Å². The van der Waals surface area contributed by atoms with E-state index >= 15 is 0 Å². The minimum absolute atomic E-state index is 0.539. The Hall–Kier alpha value is -0.640. The predicted molar refractivity (Wildman–Crippen MR) is 76.7 cm³/mol. The topological polar surface area (TPSA) is 20.2 Å². The molecule has 0 saturated heterocycles. The van der Waals surface area contributed by atoms with Gasteiger partial charge in [0.05, 0.1) is 4.88 Å². The van der Waals surface area contributed by atoms with Crippen molar-refractivity contribution in [3.8, 4) is 0 Å².